The van der Waals surface area contributed by atoms with E-state index in [9.17, 15) is 4.79 Å². The van der Waals surface area contributed by atoms with Gasteiger partial charge in [-0.3, -0.25) is 4.79 Å². The molecule has 2 rings (SSSR count). The van der Waals surface area contributed by atoms with Crippen LogP contribution in [-0.4, -0.2) is 41.5 Å². The van der Waals surface area contributed by atoms with Gasteiger partial charge in [0.05, 0.1) is 10.7 Å². The first-order valence-corrected chi connectivity index (χ1v) is 6.37. The van der Waals surface area contributed by atoms with Gasteiger partial charge in [-0.05, 0) is 20.8 Å². The molecule has 0 spiro atoms. The molecular formula is C11H19Cl2N3OS. The first-order chi connectivity index (χ1) is 7.59. The Kier molecular flexibility index (Phi) is 7.14. The lowest BCUT2D eigenvalue weighted by molar-refractivity contribution is 0.0660. The van der Waals surface area contributed by atoms with Gasteiger partial charge in [-0.2, -0.15) is 0 Å². The molecule has 1 N–H and O–H groups in total. The molecule has 1 atom stereocenters. The largest absolute Gasteiger partial charge is 0.333 e. The fourth-order valence-electron chi connectivity index (χ4n) is 2.00. The Balaban J connectivity index is 0.00000144. The third-order valence-corrected chi connectivity index (χ3v) is 3.92. The van der Waals surface area contributed by atoms with Crippen molar-refractivity contribution in [2.24, 2.45) is 0 Å². The van der Waals surface area contributed by atoms with Crippen molar-refractivity contribution in [1.82, 2.24) is 15.2 Å². The van der Waals surface area contributed by atoms with Crippen molar-refractivity contribution < 1.29 is 4.79 Å². The van der Waals surface area contributed by atoms with E-state index in [0.29, 0.717) is 0 Å². The van der Waals surface area contributed by atoms with Crippen molar-refractivity contribution in [2.45, 2.75) is 26.8 Å². The topological polar surface area (TPSA) is 45.2 Å². The molecule has 0 aromatic carbocycles. The summed E-state index contributed by atoms with van der Waals surface area (Å²) in [6.07, 6.45) is 0. The first kappa shape index (κ1) is 17.6. The van der Waals surface area contributed by atoms with E-state index in [0.717, 1.165) is 35.2 Å². The van der Waals surface area contributed by atoms with Gasteiger partial charge in [-0.25, -0.2) is 4.98 Å². The highest BCUT2D eigenvalue weighted by Gasteiger charge is 2.26. The monoisotopic (exact) mass is 311 g/mol. The van der Waals surface area contributed by atoms with Gasteiger partial charge in [-0.15, -0.1) is 36.2 Å². The van der Waals surface area contributed by atoms with E-state index < -0.39 is 0 Å². The standard InChI is InChI=1S/C11H17N3OS.2ClH/c1-7-6-12-4-5-14(7)11(15)10-8(2)13-9(3)16-10;;/h7,12H,4-6H2,1-3H3;2*1H/t7-;;/m0../s1. The lowest BCUT2D eigenvalue weighted by Gasteiger charge is -2.33. The predicted octanol–water partition coefficient (Wildman–Crippen LogP) is 2.04. The van der Waals surface area contributed by atoms with Crippen LogP contribution in [0.15, 0.2) is 0 Å². The van der Waals surface area contributed by atoms with Crippen LogP contribution < -0.4 is 5.32 Å². The maximum absolute atomic E-state index is 12.3. The quantitative estimate of drug-likeness (QED) is 0.863. The number of aryl methyl sites for hydroxylation is 2. The molecule has 0 aliphatic carbocycles. The molecule has 104 valence electrons. The van der Waals surface area contributed by atoms with Gasteiger partial charge in [0.25, 0.3) is 5.91 Å². The molecule has 2 heterocycles. The first-order valence-electron chi connectivity index (χ1n) is 5.55. The molecule has 18 heavy (non-hydrogen) atoms. The molecule has 4 nitrogen and oxygen atoms in total. The lowest BCUT2D eigenvalue weighted by Crippen LogP contribution is -2.52. The highest BCUT2D eigenvalue weighted by Crippen LogP contribution is 2.20. The number of rotatable bonds is 1. The molecule has 7 heteroatoms. The highest BCUT2D eigenvalue weighted by molar-refractivity contribution is 7.13. The third kappa shape index (κ3) is 3.57. The fourth-order valence-corrected chi connectivity index (χ4v) is 2.88. The molecule has 0 saturated carbocycles. The summed E-state index contributed by atoms with van der Waals surface area (Å²) in [7, 11) is 0. The second kappa shape index (κ2) is 7.28. The Labute approximate surface area is 124 Å². The average Bonchev–Trinajstić information content (AvgIpc) is 2.58. The van der Waals surface area contributed by atoms with Gasteiger partial charge in [0, 0.05) is 25.7 Å². The van der Waals surface area contributed by atoms with Gasteiger partial charge in [0.1, 0.15) is 4.88 Å². The molecule has 0 unspecified atom stereocenters. The van der Waals surface area contributed by atoms with E-state index in [-0.39, 0.29) is 36.8 Å². The number of amides is 1. The van der Waals surface area contributed by atoms with E-state index in [1.807, 2.05) is 18.7 Å². The second-order valence-corrected chi connectivity index (χ2v) is 5.40. The minimum Gasteiger partial charge on any atom is -0.333 e. The van der Waals surface area contributed by atoms with Gasteiger partial charge in [0.15, 0.2) is 0 Å². The maximum atomic E-state index is 12.3. The van der Waals surface area contributed by atoms with Crippen molar-refractivity contribution in [1.29, 1.82) is 0 Å². The summed E-state index contributed by atoms with van der Waals surface area (Å²) >= 11 is 1.50. The number of halogens is 2. The summed E-state index contributed by atoms with van der Waals surface area (Å²) in [6.45, 7) is 8.47. The molecule has 1 aliphatic rings. The van der Waals surface area contributed by atoms with Gasteiger partial charge < -0.3 is 10.2 Å². The van der Waals surface area contributed by atoms with E-state index >= 15 is 0 Å². The van der Waals surface area contributed by atoms with Gasteiger partial charge in [0.2, 0.25) is 0 Å². The number of thiazole rings is 1. The number of carbonyl (C=O) groups is 1. The summed E-state index contributed by atoms with van der Waals surface area (Å²) in [6, 6.07) is 0.267. The summed E-state index contributed by atoms with van der Waals surface area (Å²) in [5.41, 5.74) is 0.859. The molecular weight excluding hydrogens is 293 g/mol. The summed E-state index contributed by atoms with van der Waals surface area (Å²) in [4.78, 5) is 19.4. The average molecular weight is 312 g/mol. The molecule has 1 saturated heterocycles. The van der Waals surface area contributed by atoms with Crippen molar-refractivity contribution in [3.63, 3.8) is 0 Å². The fraction of sp³-hybridized carbons (Fsp3) is 0.636. The zero-order valence-corrected chi connectivity index (χ0v) is 13.2. The van der Waals surface area contributed by atoms with Crippen LogP contribution in [0.25, 0.3) is 0 Å². The van der Waals surface area contributed by atoms with E-state index in [1.54, 1.807) is 0 Å². The van der Waals surface area contributed by atoms with Crippen molar-refractivity contribution in [3.05, 3.63) is 15.6 Å². The van der Waals surface area contributed by atoms with Crippen LogP contribution in [0.5, 0.6) is 0 Å². The Morgan fingerprint density at radius 2 is 2.11 bits per heavy atom. The Hall–Kier alpha value is -0.360. The molecule has 0 radical (unpaired) electrons. The van der Waals surface area contributed by atoms with Gasteiger partial charge in [-0.1, -0.05) is 0 Å². The number of nitrogens with zero attached hydrogens (tertiary/aromatic N) is 2. The van der Waals surface area contributed by atoms with E-state index in [4.69, 9.17) is 0 Å². The normalized spacial score (nSPS) is 18.8. The smallest absolute Gasteiger partial charge is 0.266 e. The van der Waals surface area contributed by atoms with Crippen LogP contribution in [0.1, 0.15) is 27.3 Å². The molecule has 0 bridgehead atoms. The minimum absolute atomic E-state index is 0. The van der Waals surface area contributed by atoms with Crippen molar-refractivity contribution in [3.8, 4) is 0 Å². The number of carbonyl (C=O) groups excluding carboxylic acids is 1. The Morgan fingerprint density at radius 1 is 1.44 bits per heavy atom. The Morgan fingerprint density at radius 3 is 2.61 bits per heavy atom. The number of hydrogen-bond acceptors (Lipinski definition) is 4. The number of piperazine rings is 1. The lowest BCUT2D eigenvalue weighted by atomic mass is 10.2. The van der Waals surface area contributed by atoms with E-state index in [2.05, 4.69) is 17.2 Å². The molecule has 1 amide bonds. The zero-order valence-electron chi connectivity index (χ0n) is 10.7. The minimum atomic E-state index is 0. The predicted molar refractivity (Wildman–Crippen MR) is 79.5 cm³/mol. The number of nitrogens with one attached hydrogen (secondary N) is 1. The van der Waals surface area contributed by atoms with Crippen LogP contribution in [-0.2, 0) is 0 Å². The Bertz CT molecular complexity index is 411. The van der Waals surface area contributed by atoms with Crippen LogP contribution in [0.3, 0.4) is 0 Å². The molecule has 1 aliphatic heterocycles. The summed E-state index contributed by atoms with van der Waals surface area (Å²) in [5.74, 6) is 0.136. The van der Waals surface area contributed by atoms with Crippen LogP contribution in [0, 0.1) is 13.8 Å². The van der Waals surface area contributed by atoms with Crippen molar-refractivity contribution in [2.75, 3.05) is 19.6 Å². The third-order valence-electron chi connectivity index (χ3n) is 2.86. The second-order valence-electron chi connectivity index (χ2n) is 4.20. The van der Waals surface area contributed by atoms with E-state index in [1.165, 1.54) is 11.3 Å². The number of aromatic nitrogens is 1. The summed E-state index contributed by atoms with van der Waals surface area (Å²) in [5, 5.41) is 4.25. The molecule has 1 aromatic heterocycles. The zero-order chi connectivity index (χ0) is 11.7. The number of hydrogen-bond donors (Lipinski definition) is 1. The SMILES string of the molecule is Cc1nc(C)c(C(=O)N2CCNC[C@@H]2C)s1.Cl.Cl. The molecule has 1 aromatic rings. The van der Waals surface area contributed by atoms with Crippen LogP contribution >= 0.6 is 36.2 Å². The van der Waals surface area contributed by atoms with Gasteiger partial charge >= 0.3 is 0 Å². The highest BCUT2D eigenvalue weighted by atomic mass is 35.5. The summed E-state index contributed by atoms with van der Waals surface area (Å²) < 4.78 is 0. The molecule has 1 fully saturated rings. The maximum Gasteiger partial charge on any atom is 0.266 e. The van der Waals surface area contributed by atoms with Crippen LogP contribution in [0.4, 0.5) is 0 Å². The van der Waals surface area contributed by atoms with Crippen molar-refractivity contribution >= 4 is 42.1 Å². The van der Waals surface area contributed by atoms with Crippen LogP contribution in [0.2, 0.25) is 0 Å².